The number of nitrogens with zero attached hydrogens (tertiary/aromatic N) is 3. The lowest BCUT2D eigenvalue weighted by molar-refractivity contribution is -0.136. The van der Waals surface area contributed by atoms with Crippen LogP contribution in [0.5, 0.6) is 0 Å². The monoisotopic (exact) mass is 295 g/mol. The molecule has 0 atom stereocenters. The molecule has 2 aromatic heterocycles. The maximum atomic E-state index is 10.7. The molecule has 0 aromatic carbocycles. The van der Waals surface area contributed by atoms with Crippen molar-refractivity contribution in [3.63, 3.8) is 0 Å². The number of aromatic nitrogens is 3. The molecule has 0 spiro atoms. The van der Waals surface area contributed by atoms with Crippen LogP contribution in [-0.4, -0.2) is 25.6 Å². The zero-order chi connectivity index (χ0) is 12.4. The summed E-state index contributed by atoms with van der Waals surface area (Å²) in [5, 5.41) is 8.78. The topological polar surface area (TPSA) is 68.0 Å². The number of hydrogen-bond acceptors (Lipinski definition) is 3. The first-order chi connectivity index (χ1) is 8.09. The summed E-state index contributed by atoms with van der Waals surface area (Å²) in [4.78, 5) is 19.0. The van der Waals surface area contributed by atoms with Crippen molar-refractivity contribution in [1.29, 1.82) is 0 Å². The second-order valence-corrected chi connectivity index (χ2v) is 4.30. The van der Waals surface area contributed by atoms with Crippen LogP contribution >= 0.6 is 15.9 Å². The van der Waals surface area contributed by atoms with Crippen LogP contribution in [0.1, 0.15) is 5.69 Å². The molecule has 2 rings (SSSR count). The van der Waals surface area contributed by atoms with E-state index in [0.29, 0.717) is 16.1 Å². The van der Waals surface area contributed by atoms with Crippen LogP contribution in [-0.2, 0) is 18.3 Å². The summed E-state index contributed by atoms with van der Waals surface area (Å²) in [6.45, 7) is 0. The summed E-state index contributed by atoms with van der Waals surface area (Å²) in [7, 11) is 1.82. The van der Waals surface area contributed by atoms with Crippen molar-refractivity contribution in [3.8, 4) is 11.4 Å². The van der Waals surface area contributed by atoms with Crippen molar-refractivity contribution < 1.29 is 9.90 Å². The molecule has 2 aromatic rings. The van der Waals surface area contributed by atoms with Crippen LogP contribution < -0.4 is 0 Å². The van der Waals surface area contributed by atoms with E-state index >= 15 is 0 Å². The molecule has 5 nitrogen and oxygen atoms in total. The summed E-state index contributed by atoms with van der Waals surface area (Å²) < 4.78 is 2.48. The molecule has 1 N–H and O–H groups in total. The summed E-state index contributed by atoms with van der Waals surface area (Å²) in [6.07, 6.45) is 3.27. The summed E-state index contributed by atoms with van der Waals surface area (Å²) in [5.74, 6) is -0.206. The highest BCUT2D eigenvalue weighted by molar-refractivity contribution is 9.10. The lowest BCUT2D eigenvalue weighted by atomic mass is 10.3. The smallest absolute Gasteiger partial charge is 0.309 e. The van der Waals surface area contributed by atoms with Crippen LogP contribution in [0.3, 0.4) is 0 Å². The van der Waals surface area contributed by atoms with E-state index in [-0.39, 0.29) is 6.42 Å². The first-order valence-electron chi connectivity index (χ1n) is 4.93. The number of imidazole rings is 1. The van der Waals surface area contributed by atoms with Gasteiger partial charge in [-0.2, -0.15) is 0 Å². The maximum Gasteiger partial charge on any atom is 0.309 e. The minimum atomic E-state index is -0.901. The molecule has 0 aliphatic rings. The second-order valence-electron chi connectivity index (χ2n) is 3.54. The minimum Gasteiger partial charge on any atom is -0.481 e. The van der Waals surface area contributed by atoms with Gasteiger partial charge in [0.1, 0.15) is 10.4 Å². The Morgan fingerprint density at radius 2 is 2.35 bits per heavy atom. The molecule has 0 saturated heterocycles. The normalized spacial score (nSPS) is 10.5. The van der Waals surface area contributed by atoms with Crippen LogP contribution in [0.25, 0.3) is 11.4 Å². The minimum absolute atomic E-state index is 0.102. The van der Waals surface area contributed by atoms with E-state index in [4.69, 9.17) is 5.11 Å². The summed E-state index contributed by atoms with van der Waals surface area (Å²) >= 11 is 3.34. The van der Waals surface area contributed by atoms with Gasteiger partial charge >= 0.3 is 5.97 Å². The Bertz CT molecular complexity index is 551. The molecule has 0 aliphatic carbocycles. The van der Waals surface area contributed by atoms with Gasteiger partial charge in [0.05, 0.1) is 12.1 Å². The number of carbonyl (C=O) groups is 1. The van der Waals surface area contributed by atoms with E-state index in [9.17, 15) is 4.79 Å². The lowest BCUT2D eigenvalue weighted by Crippen LogP contribution is -2.01. The van der Waals surface area contributed by atoms with Crippen molar-refractivity contribution >= 4 is 21.9 Å². The first-order valence-corrected chi connectivity index (χ1v) is 5.72. The summed E-state index contributed by atoms with van der Waals surface area (Å²) in [5.41, 5.74) is 1.37. The molecule has 2 heterocycles. The third kappa shape index (κ3) is 2.36. The zero-order valence-corrected chi connectivity index (χ0v) is 10.7. The van der Waals surface area contributed by atoms with E-state index < -0.39 is 5.97 Å². The van der Waals surface area contributed by atoms with Gasteiger partial charge in [0.15, 0.2) is 0 Å². The van der Waals surface area contributed by atoms with Gasteiger partial charge in [-0.1, -0.05) is 0 Å². The fraction of sp³-hybridized carbons (Fsp3) is 0.182. The predicted molar refractivity (Wildman–Crippen MR) is 65.5 cm³/mol. The first kappa shape index (κ1) is 11.8. The van der Waals surface area contributed by atoms with Gasteiger partial charge < -0.3 is 9.67 Å². The molecule has 0 aliphatic heterocycles. The third-order valence-corrected chi connectivity index (χ3v) is 3.32. The van der Waals surface area contributed by atoms with Crippen LogP contribution in [0, 0.1) is 0 Å². The van der Waals surface area contributed by atoms with E-state index in [2.05, 4.69) is 25.9 Å². The van der Waals surface area contributed by atoms with Crippen molar-refractivity contribution in [1.82, 2.24) is 14.5 Å². The van der Waals surface area contributed by atoms with E-state index in [1.807, 2.05) is 19.2 Å². The molecule has 0 fully saturated rings. The Balaban J connectivity index is 2.46. The molecular formula is C11H10BrN3O2. The maximum absolute atomic E-state index is 10.7. The number of carboxylic acids is 1. The number of halogens is 1. The standard InChI is InChI=1S/C11H10BrN3O2/c1-15-10(12)8(5-9(16)17)14-11(15)7-3-2-4-13-6-7/h2-4,6H,5H2,1H3,(H,16,17). The van der Waals surface area contributed by atoms with Gasteiger partial charge in [0.25, 0.3) is 0 Å². The molecule has 6 heteroatoms. The molecule has 0 unspecified atom stereocenters. The molecule has 0 radical (unpaired) electrons. The van der Waals surface area contributed by atoms with E-state index in [1.165, 1.54) is 0 Å². The van der Waals surface area contributed by atoms with Crippen molar-refractivity contribution in [3.05, 3.63) is 34.8 Å². The summed E-state index contributed by atoms with van der Waals surface area (Å²) in [6, 6.07) is 3.70. The van der Waals surface area contributed by atoms with Crippen LogP contribution in [0.15, 0.2) is 29.1 Å². The van der Waals surface area contributed by atoms with Gasteiger partial charge in [-0.05, 0) is 28.1 Å². The Morgan fingerprint density at radius 1 is 1.59 bits per heavy atom. The lowest BCUT2D eigenvalue weighted by Gasteiger charge is -2.00. The molecule has 0 saturated carbocycles. The van der Waals surface area contributed by atoms with Gasteiger partial charge in [0, 0.05) is 25.0 Å². The van der Waals surface area contributed by atoms with Gasteiger partial charge in [-0.25, -0.2) is 4.98 Å². The van der Waals surface area contributed by atoms with Gasteiger partial charge in [0.2, 0.25) is 0 Å². The number of carboxylic acid groups (broad SMARTS) is 1. The Morgan fingerprint density at radius 3 is 2.94 bits per heavy atom. The highest BCUT2D eigenvalue weighted by atomic mass is 79.9. The number of hydrogen-bond donors (Lipinski definition) is 1. The number of aliphatic carboxylic acids is 1. The molecular weight excluding hydrogens is 286 g/mol. The number of pyridine rings is 1. The number of rotatable bonds is 3. The SMILES string of the molecule is Cn1c(-c2cccnc2)nc(CC(=O)O)c1Br. The quantitative estimate of drug-likeness (QED) is 0.939. The third-order valence-electron chi connectivity index (χ3n) is 2.33. The van der Waals surface area contributed by atoms with Crippen molar-refractivity contribution in [2.45, 2.75) is 6.42 Å². The molecule has 0 amide bonds. The Kier molecular flexibility index (Phi) is 3.23. The average molecular weight is 296 g/mol. The predicted octanol–water partition coefficient (Wildman–Crippen LogP) is 1.87. The van der Waals surface area contributed by atoms with Crippen LogP contribution in [0.2, 0.25) is 0 Å². The van der Waals surface area contributed by atoms with Gasteiger partial charge in [-0.15, -0.1) is 0 Å². The second kappa shape index (κ2) is 4.67. The van der Waals surface area contributed by atoms with E-state index in [1.54, 1.807) is 17.0 Å². The van der Waals surface area contributed by atoms with Crippen LogP contribution in [0.4, 0.5) is 0 Å². The Labute approximate surface area is 106 Å². The molecule has 17 heavy (non-hydrogen) atoms. The highest BCUT2D eigenvalue weighted by Crippen LogP contribution is 2.24. The fourth-order valence-corrected chi connectivity index (χ4v) is 1.94. The fourth-order valence-electron chi connectivity index (χ4n) is 1.54. The van der Waals surface area contributed by atoms with E-state index in [0.717, 1.165) is 5.56 Å². The van der Waals surface area contributed by atoms with Gasteiger partial charge in [-0.3, -0.25) is 9.78 Å². The highest BCUT2D eigenvalue weighted by Gasteiger charge is 2.16. The zero-order valence-electron chi connectivity index (χ0n) is 9.09. The largest absolute Gasteiger partial charge is 0.481 e. The van der Waals surface area contributed by atoms with Crippen molar-refractivity contribution in [2.75, 3.05) is 0 Å². The Hall–Kier alpha value is -1.69. The average Bonchev–Trinajstić information content (AvgIpc) is 2.58. The molecule has 0 bridgehead atoms. The molecule has 88 valence electrons. The van der Waals surface area contributed by atoms with Crippen molar-refractivity contribution in [2.24, 2.45) is 7.05 Å².